The van der Waals surface area contributed by atoms with E-state index in [1.807, 2.05) is 0 Å². The Bertz CT molecular complexity index is 387. The van der Waals surface area contributed by atoms with Gasteiger partial charge in [-0.05, 0) is 18.2 Å². The van der Waals surface area contributed by atoms with E-state index in [0.29, 0.717) is 0 Å². The van der Waals surface area contributed by atoms with Crippen molar-refractivity contribution in [2.75, 3.05) is 5.32 Å². The number of aromatic carboxylic acids is 1. The van der Waals surface area contributed by atoms with Gasteiger partial charge in [0.05, 0.1) is 0 Å². The third-order valence-corrected chi connectivity index (χ3v) is 1.47. The van der Waals surface area contributed by atoms with Crippen molar-refractivity contribution in [3.8, 4) is 0 Å². The standard InChI is InChI=1S/C9H8N2O3/c1-2-7(12)11-8-6(9(13)14)4-3-5-10-8/h2-5H,1H2,(H,13,14)(H,10,11,12). The third kappa shape index (κ3) is 2.16. The highest BCUT2D eigenvalue weighted by Crippen LogP contribution is 2.10. The highest BCUT2D eigenvalue weighted by Gasteiger charge is 2.11. The average molecular weight is 192 g/mol. The molecular formula is C9H8N2O3. The smallest absolute Gasteiger partial charge is 0.339 e. The first-order valence-electron chi connectivity index (χ1n) is 3.77. The molecule has 0 atom stereocenters. The SMILES string of the molecule is C=CC(=O)Nc1ncccc1C(=O)O. The van der Waals surface area contributed by atoms with Crippen LogP contribution < -0.4 is 5.32 Å². The molecule has 0 fully saturated rings. The van der Waals surface area contributed by atoms with Gasteiger partial charge in [0.25, 0.3) is 0 Å². The Morgan fingerprint density at radius 2 is 2.29 bits per heavy atom. The fourth-order valence-corrected chi connectivity index (χ4v) is 0.845. The molecule has 5 heteroatoms. The van der Waals surface area contributed by atoms with E-state index < -0.39 is 11.9 Å². The van der Waals surface area contributed by atoms with Gasteiger partial charge in [0.15, 0.2) is 0 Å². The molecule has 0 aliphatic heterocycles. The van der Waals surface area contributed by atoms with Gasteiger partial charge in [0, 0.05) is 6.20 Å². The minimum atomic E-state index is -1.14. The van der Waals surface area contributed by atoms with Crippen molar-refractivity contribution in [1.29, 1.82) is 0 Å². The molecule has 1 amide bonds. The lowest BCUT2D eigenvalue weighted by molar-refractivity contribution is -0.111. The van der Waals surface area contributed by atoms with Crippen molar-refractivity contribution in [1.82, 2.24) is 4.98 Å². The van der Waals surface area contributed by atoms with E-state index in [-0.39, 0.29) is 11.4 Å². The van der Waals surface area contributed by atoms with Gasteiger partial charge in [-0.1, -0.05) is 6.58 Å². The molecule has 1 aromatic rings. The van der Waals surface area contributed by atoms with E-state index >= 15 is 0 Å². The molecule has 5 nitrogen and oxygen atoms in total. The molecule has 0 bridgehead atoms. The van der Waals surface area contributed by atoms with E-state index in [1.54, 1.807) is 0 Å². The van der Waals surface area contributed by atoms with Crippen LogP contribution in [-0.2, 0) is 4.79 Å². The number of nitrogens with zero attached hydrogens (tertiary/aromatic N) is 1. The number of rotatable bonds is 3. The van der Waals surface area contributed by atoms with Crippen molar-refractivity contribution in [3.05, 3.63) is 36.5 Å². The Hall–Kier alpha value is -2.17. The average Bonchev–Trinajstić information content (AvgIpc) is 2.18. The molecule has 1 rings (SSSR count). The second-order valence-corrected chi connectivity index (χ2v) is 2.40. The molecule has 1 aromatic heterocycles. The fourth-order valence-electron chi connectivity index (χ4n) is 0.845. The molecule has 0 aliphatic rings. The van der Waals surface area contributed by atoms with Crippen LogP contribution in [0.1, 0.15) is 10.4 Å². The molecule has 14 heavy (non-hydrogen) atoms. The Balaban J connectivity index is 3.01. The summed E-state index contributed by atoms with van der Waals surface area (Å²) < 4.78 is 0. The lowest BCUT2D eigenvalue weighted by Crippen LogP contribution is -2.13. The molecule has 0 spiro atoms. The van der Waals surface area contributed by atoms with Crippen molar-refractivity contribution in [3.63, 3.8) is 0 Å². The zero-order valence-electron chi connectivity index (χ0n) is 7.23. The van der Waals surface area contributed by atoms with E-state index in [9.17, 15) is 9.59 Å². The van der Waals surface area contributed by atoms with Gasteiger partial charge in [-0.2, -0.15) is 0 Å². The van der Waals surface area contributed by atoms with E-state index in [0.717, 1.165) is 6.08 Å². The predicted molar refractivity (Wildman–Crippen MR) is 50.0 cm³/mol. The number of nitrogens with one attached hydrogen (secondary N) is 1. The highest BCUT2D eigenvalue weighted by molar-refractivity contribution is 6.03. The van der Waals surface area contributed by atoms with Crippen LogP contribution >= 0.6 is 0 Å². The number of pyridine rings is 1. The number of amides is 1. The van der Waals surface area contributed by atoms with Crippen LogP contribution in [0, 0.1) is 0 Å². The molecule has 2 N–H and O–H groups in total. The highest BCUT2D eigenvalue weighted by atomic mass is 16.4. The maximum atomic E-state index is 10.9. The summed E-state index contributed by atoms with van der Waals surface area (Å²) in [6, 6.07) is 2.83. The number of hydrogen-bond donors (Lipinski definition) is 2. The maximum Gasteiger partial charge on any atom is 0.339 e. The number of carbonyl (C=O) groups excluding carboxylic acids is 1. The summed E-state index contributed by atoms with van der Waals surface area (Å²) in [5, 5.41) is 11.0. The van der Waals surface area contributed by atoms with E-state index in [1.165, 1.54) is 18.3 Å². The number of carboxylic acids is 1. The quantitative estimate of drug-likeness (QED) is 0.697. The zero-order valence-corrected chi connectivity index (χ0v) is 7.23. The van der Waals surface area contributed by atoms with Crippen molar-refractivity contribution in [2.45, 2.75) is 0 Å². The minimum absolute atomic E-state index is 0.0184. The van der Waals surface area contributed by atoms with E-state index in [2.05, 4.69) is 16.9 Å². The summed E-state index contributed by atoms with van der Waals surface area (Å²) in [6.07, 6.45) is 2.44. The van der Waals surface area contributed by atoms with Crippen LogP contribution in [0.3, 0.4) is 0 Å². The molecule has 0 aliphatic carbocycles. The van der Waals surface area contributed by atoms with Gasteiger partial charge >= 0.3 is 5.97 Å². The van der Waals surface area contributed by atoms with Gasteiger partial charge < -0.3 is 10.4 Å². The first kappa shape index (κ1) is 9.91. The van der Waals surface area contributed by atoms with Gasteiger partial charge in [-0.15, -0.1) is 0 Å². The van der Waals surface area contributed by atoms with Crippen molar-refractivity contribution < 1.29 is 14.7 Å². The third-order valence-electron chi connectivity index (χ3n) is 1.47. The largest absolute Gasteiger partial charge is 0.478 e. The van der Waals surface area contributed by atoms with Crippen molar-refractivity contribution in [2.24, 2.45) is 0 Å². The Morgan fingerprint density at radius 1 is 1.57 bits per heavy atom. The Labute approximate surface area is 80.1 Å². The van der Waals surface area contributed by atoms with Gasteiger partial charge in [-0.3, -0.25) is 4.79 Å². The number of anilines is 1. The van der Waals surface area contributed by atoms with E-state index in [4.69, 9.17) is 5.11 Å². The molecule has 72 valence electrons. The molecule has 1 heterocycles. The van der Waals surface area contributed by atoms with Crippen LogP contribution in [0.15, 0.2) is 31.0 Å². The summed E-state index contributed by atoms with van der Waals surface area (Å²) in [7, 11) is 0. The second kappa shape index (κ2) is 4.18. The maximum absolute atomic E-state index is 10.9. The van der Waals surface area contributed by atoms with Gasteiger partial charge in [-0.25, -0.2) is 9.78 Å². The van der Waals surface area contributed by atoms with Crippen molar-refractivity contribution >= 4 is 17.7 Å². The summed E-state index contributed by atoms with van der Waals surface area (Å²) in [5.41, 5.74) is -0.0531. The zero-order chi connectivity index (χ0) is 10.6. The van der Waals surface area contributed by atoms with Crippen LogP contribution in [-0.4, -0.2) is 22.0 Å². The normalized spacial score (nSPS) is 9.14. The summed E-state index contributed by atoms with van der Waals surface area (Å²) >= 11 is 0. The van der Waals surface area contributed by atoms with Gasteiger partial charge in [0.1, 0.15) is 11.4 Å². The summed E-state index contributed by atoms with van der Waals surface area (Å²) in [5.74, 6) is -1.62. The van der Waals surface area contributed by atoms with Crippen LogP contribution in [0.4, 0.5) is 5.82 Å². The van der Waals surface area contributed by atoms with Gasteiger partial charge in [0.2, 0.25) is 5.91 Å². The number of carbonyl (C=O) groups is 2. The molecule has 0 radical (unpaired) electrons. The lowest BCUT2D eigenvalue weighted by Gasteiger charge is -2.03. The number of hydrogen-bond acceptors (Lipinski definition) is 3. The molecule has 0 saturated carbocycles. The molecule has 0 saturated heterocycles. The Kier molecular flexibility index (Phi) is 2.96. The lowest BCUT2D eigenvalue weighted by atomic mass is 10.2. The summed E-state index contributed by atoms with van der Waals surface area (Å²) in [4.78, 5) is 25.3. The second-order valence-electron chi connectivity index (χ2n) is 2.40. The monoisotopic (exact) mass is 192 g/mol. The van der Waals surface area contributed by atoms with Crippen LogP contribution in [0.2, 0.25) is 0 Å². The fraction of sp³-hybridized carbons (Fsp3) is 0. The minimum Gasteiger partial charge on any atom is -0.478 e. The predicted octanol–water partition coefficient (Wildman–Crippen LogP) is 0.904. The first-order valence-corrected chi connectivity index (χ1v) is 3.77. The molecule has 0 unspecified atom stereocenters. The molecular weight excluding hydrogens is 184 g/mol. The number of aromatic nitrogens is 1. The van der Waals surface area contributed by atoms with Crippen LogP contribution in [0.5, 0.6) is 0 Å². The van der Waals surface area contributed by atoms with Crippen LogP contribution in [0.25, 0.3) is 0 Å². The number of carboxylic acid groups (broad SMARTS) is 1. The first-order chi connectivity index (χ1) is 6.65. The molecule has 0 aromatic carbocycles. The Morgan fingerprint density at radius 3 is 2.86 bits per heavy atom. The summed E-state index contributed by atoms with van der Waals surface area (Å²) in [6.45, 7) is 3.24. The topological polar surface area (TPSA) is 79.3 Å².